The second kappa shape index (κ2) is 7.05. The molecule has 0 aliphatic heterocycles. The van der Waals surface area contributed by atoms with Crippen LogP contribution in [0.15, 0.2) is 17.0 Å². The molecule has 0 fully saturated rings. The van der Waals surface area contributed by atoms with Crippen LogP contribution in [0, 0.1) is 11.6 Å². The molecule has 0 heterocycles. The Balaban J connectivity index is 2.87. The van der Waals surface area contributed by atoms with Gasteiger partial charge in [0, 0.05) is 16.7 Å². The Hall–Kier alpha value is -0.880. The summed E-state index contributed by atoms with van der Waals surface area (Å²) in [5.74, 6) is -2.61. The summed E-state index contributed by atoms with van der Waals surface area (Å²) >= 11 is 0. The maximum Gasteiger partial charge on any atom is 0.265 e. The van der Waals surface area contributed by atoms with Crippen molar-refractivity contribution >= 4 is 19.7 Å². The molecular weight excluding hydrogens is 298 g/mol. The van der Waals surface area contributed by atoms with Crippen LogP contribution in [-0.2, 0) is 9.05 Å². The molecule has 1 aromatic rings. The van der Waals surface area contributed by atoms with Crippen molar-refractivity contribution in [2.45, 2.75) is 37.5 Å². The SMILES string of the molecule is CCCCCCOc1c(F)cc(F)cc1S(=O)(=O)Cl. The fourth-order valence-corrected chi connectivity index (χ4v) is 2.54. The topological polar surface area (TPSA) is 43.4 Å². The predicted molar refractivity (Wildman–Crippen MR) is 69.0 cm³/mol. The molecule has 0 aliphatic carbocycles. The van der Waals surface area contributed by atoms with Gasteiger partial charge in [0.05, 0.1) is 6.61 Å². The molecule has 0 aliphatic rings. The van der Waals surface area contributed by atoms with E-state index in [1.807, 2.05) is 6.92 Å². The lowest BCUT2D eigenvalue weighted by atomic mass is 10.2. The Morgan fingerprint density at radius 1 is 1.21 bits per heavy atom. The van der Waals surface area contributed by atoms with Crippen molar-refractivity contribution < 1.29 is 21.9 Å². The van der Waals surface area contributed by atoms with E-state index in [4.69, 9.17) is 15.4 Å². The fourth-order valence-electron chi connectivity index (χ4n) is 1.56. The summed E-state index contributed by atoms with van der Waals surface area (Å²) in [5.41, 5.74) is 0. The molecule has 7 heteroatoms. The lowest BCUT2D eigenvalue weighted by Gasteiger charge is -2.10. The summed E-state index contributed by atoms with van der Waals surface area (Å²) in [6.45, 7) is 2.20. The first-order valence-electron chi connectivity index (χ1n) is 5.92. The first-order chi connectivity index (χ1) is 8.86. The van der Waals surface area contributed by atoms with Gasteiger partial charge in [-0.2, -0.15) is 0 Å². The highest BCUT2D eigenvalue weighted by molar-refractivity contribution is 8.13. The smallest absolute Gasteiger partial charge is 0.265 e. The maximum atomic E-state index is 13.5. The van der Waals surface area contributed by atoms with Crippen LogP contribution in [0.3, 0.4) is 0 Å². The molecule has 0 saturated carbocycles. The van der Waals surface area contributed by atoms with E-state index < -0.39 is 31.3 Å². The van der Waals surface area contributed by atoms with Gasteiger partial charge in [-0.25, -0.2) is 17.2 Å². The molecule has 0 aromatic heterocycles. The summed E-state index contributed by atoms with van der Waals surface area (Å²) in [6.07, 6.45) is 3.59. The van der Waals surface area contributed by atoms with Crippen LogP contribution in [0.25, 0.3) is 0 Å². The van der Waals surface area contributed by atoms with Gasteiger partial charge in [0.2, 0.25) is 0 Å². The minimum atomic E-state index is -4.26. The lowest BCUT2D eigenvalue weighted by Crippen LogP contribution is -2.05. The highest BCUT2D eigenvalue weighted by Crippen LogP contribution is 2.31. The second-order valence-electron chi connectivity index (χ2n) is 4.06. The Morgan fingerprint density at radius 2 is 1.89 bits per heavy atom. The monoisotopic (exact) mass is 312 g/mol. The molecule has 19 heavy (non-hydrogen) atoms. The van der Waals surface area contributed by atoms with Crippen molar-refractivity contribution in [1.82, 2.24) is 0 Å². The number of rotatable bonds is 7. The van der Waals surface area contributed by atoms with Gasteiger partial charge in [0.25, 0.3) is 9.05 Å². The molecule has 0 N–H and O–H groups in total. The zero-order valence-corrected chi connectivity index (χ0v) is 12.0. The molecule has 3 nitrogen and oxygen atoms in total. The molecule has 0 saturated heterocycles. The Morgan fingerprint density at radius 3 is 2.47 bits per heavy atom. The van der Waals surface area contributed by atoms with Crippen LogP contribution in [0.4, 0.5) is 8.78 Å². The minimum absolute atomic E-state index is 0.155. The van der Waals surface area contributed by atoms with E-state index in [0.29, 0.717) is 18.6 Å². The first-order valence-corrected chi connectivity index (χ1v) is 8.23. The van der Waals surface area contributed by atoms with E-state index in [0.717, 1.165) is 19.3 Å². The first kappa shape index (κ1) is 16.2. The zero-order chi connectivity index (χ0) is 14.5. The lowest BCUT2D eigenvalue weighted by molar-refractivity contribution is 0.281. The summed E-state index contributed by atoms with van der Waals surface area (Å²) in [4.78, 5) is -0.679. The van der Waals surface area contributed by atoms with Gasteiger partial charge in [0.1, 0.15) is 10.7 Å². The van der Waals surface area contributed by atoms with Crippen LogP contribution in [0.5, 0.6) is 5.75 Å². The largest absolute Gasteiger partial charge is 0.489 e. The van der Waals surface area contributed by atoms with Crippen LogP contribution in [-0.4, -0.2) is 15.0 Å². The van der Waals surface area contributed by atoms with Gasteiger partial charge in [-0.1, -0.05) is 26.2 Å². The molecule has 0 bridgehead atoms. The Labute approximate surface area is 115 Å². The molecule has 0 atom stereocenters. The number of ether oxygens (including phenoxy) is 1. The second-order valence-corrected chi connectivity index (χ2v) is 6.60. The van der Waals surface area contributed by atoms with Crippen molar-refractivity contribution in [2.75, 3.05) is 6.61 Å². The third-order valence-electron chi connectivity index (χ3n) is 2.48. The van der Waals surface area contributed by atoms with Gasteiger partial charge in [0.15, 0.2) is 11.6 Å². The standard InChI is InChI=1S/C12H15ClF2O3S/c1-2-3-4-5-6-18-12-10(15)7-9(14)8-11(12)19(13,16)17/h7-8H,2-6H2,1H3. The molecule has 0 unspecified atom stereocenters. The van der Waals surface area contributed by atoms with E-state index in [2.05, 4.69) is 0 Å². The van der Waals surface area contributed by atoms with Gasteiger partial charge in [-0.15, -0.1) is 0 Å². The number of benzene rings is 1. The summed E-state index contributed by atoms with van der Waals surface area (Å²) in [7, 11) is 0.870. The average molecular weight is 313 g/mol. The van der Waals surface area contributed by atoms with Gasteiger partial charge in [-0.05, 0) is 12.5 Å². The third kappa shape index (κ3) is 4.95. The highest BCUT2D eigenvalue weighted by Gasteiger charge is 2.22. The summed E-state index contributed by atoms with van der Waals surface area (Å²) < 4.78 is 54.1. The number of hydrogen-bond donors (Lipinski definition) is 0. The Bertz CT molecular complexity index is 532. The van der Waals surface area contributed by atoms with Crippen molar-refractivity contribution in [3.8, 4) is 5.75 Å². The van der Waals surface area contributed by atoms with Crippen molar-refractivity contribution in [2.24, 2.45) is 0 Å². The van der Waals surface area contributed by atoms with Crippen LogP contribution < -0.4 is 4.74 Å². The number of unbranched alkanes of at least 4 members (excludes halogenated alkanes) is 3. The minimum Gasteiger partial charge on any atom is -0.489 e. The molecule has 0 radical (unpaired) electrons. The molecule has 108 valence electrons. The maximum absolute atomic E-state index is 13.5. The van der Waals surface area contributed by atoms with Crippen molar-refractivity contribution in [3.05, 3.63) is 23.8 Å². The number of halogens is 3. The summed E-state index contributed by atoms with van der Waals surface area (Å²) in [6, 6.07) is 1.21. The van der Waals surface area contributed by atoms with Gasteiger partial charge in [-0.3, -0.25) is 0 Å². The van der Waals surface area contributed by atoms with Crippen molar-refractivity contribution in [3.63, 3.8) is 0 Å². The van der Waals surface area contributed by atoms with Crippen molar-refractivity contribution in [1.29, 1.82) is 0 Å². The fraction of sp³-hybridized carbons (Fsp3) is 0.500. The van der Waals surface area contributed by atoms with Crippen LogP contribution >= 0.6 is 10.7 Å². The van der Waals surface area contributed by atoms with E-state index in [-0.39, 0.29) is 6.61 Å². The molecule has 1 rings (SSSR count). The quantitative estimate of drug-likeness (QED) is 0.567. The summed E-state index contributed by atoms with van der Waals surface area (Å²) in [5, 5.41) is 0. The highest BCUT2D eigenvalue weighted by atomic mass is 35.7. The Kier molecular flexibility index (Phi) is 6.00. The van der Waals surface area contributed by atoms with Crippen LogP contribution in [0.1, 0.15) is 32.6 Å². The molecule has 0 spiro atoms. The molecular formula is C12H15ClF2O3S. The molecule has 1 aromatic carbocycles. The van der Waals surface area contributed by atoms with E-state index in [1.165, 1.54) is 0 Å². The van der Waals surface area contributed by atoms with Gasteiger partial charge >= 0.3 is 0 Å². The van der Waals surface area contributed by atoms with E-state index >= 15 is 0 Å². The zero-order valence-electron chi connectivity index (χ0n) is 10.5. The van der Waals surface area contributed by atoms with E-state index in [9.17, 15) is 17.2 Å². The van der Waals surface area contributed by atoms with Crippen LogP contribution in [0.2, 0.25) is 0 Å². The van der Waals surface area contributed by atoms with Gasteiger partial charge < -0.3 is 4.74 Å². The van der Waals surface area contributed by atoms with E-state index in [1.54, 1.807) is 0 Å². The predicted octanol–water partition coefficient (Wildman–Crippen LogP) is 3.85. The molecule has 0 amide bonds. The average Bonchev–Trinajstić information content (AvgIpc) is 2.29. The normalized spacial score (nSPS) is 11.6. The number of hydrogen-bond acceptors (Lipinski definition) is 3. The third-order valence-corrected chi connectivity index (χ3v) is 3.81.